The zero-order valence-corrected chi connectivity index (χ0v) is 30.4. The van der Waals surface area contributed by atoms with E-state index in [-0.39, 0.29) is 77.4 Å². The van der Waals surface area contributed by atoms with Gasteiger partial charge >= 0.3 is 12.0 Å². The summed E-state index contributed by atoms with van der Waals surface area (Å²) in [5, 5.41) is 21.6. The number of nitrogens with zero attached hydrogens (tertiary/aromatic N) is 2. The second-order valence-corrected chi connectivity index (χ2v) is 12.8. The van der Waals surface area contributed by atoms with Gasteiger partial charge in [0.05, 0.1) is 25.0 Å². The number of rotatable bonds is 20. The molecule has 7 amide bonds. The maximum Gasteiger partial charge on any atom is 0.314 e. The minimum atomic E-state index is -2.41. The Kier molecular flexibility index (Phi) is 17.6. The molecule has 16 nitrogen and oxygen atoms in total. The van der Waals surface area contributed by atoms with E-state index < -0.39 is 95.0 Å². The monoisotopic (exact) mass is 808 g/mol. The first-order valence-electron chi connectivity index (χ1n) is 17.7. The molecule has 2 aromatic carbocycles. The fourth-order valence-corrected chi connectivity index (χ4v) is 5.92. The molecule has 0 bridgehead atoms. The minimum absolute atomic E-state index is 0.0119. The van der Waals surface area contributed by atoms with Crippen molar-refractivity contribution in [1.29, 1.82) is 5.26 Å². The first-order valence-corrected chi connectivity index (χ1v) is 17.7. The molecule has 1 aliphatic carbocycles. The number of esters is 1. The zero-order chi connectivity index (χ0) is 42.1. The number of benzene rings is 2. The van der Waals surface area contributed by atoms with E-state index in [2.05, 4.69) is 31.3 Å². The van der Waals surface area contributed by atoms with Crippen molar-refractivity contribution in [2.24, 2.45) is 11.7 Å². The molecule has 1 fully saturated rings. The number of carbonyl (C=O) groups excluding carboxylic acids is 7. The van der Waals surface area contributed by atoms with E-state index in [0.717, 1.165) is 5.56 Å². The van der Waals surface area contributed by atoms with Crippen LogP contribution in [0.1, 0.15) is 63.4 Å². The number of primary amides is 1. The van der Waals surface area contributed by atoms with E-state index in [9.17, 15) is 55.5 Å². The van der Waals surface area contributed by atoms with Crippen molar-refractivity contribution in [3.63, 3.8) is 0 Å². The fourth-order valence-electron chi connectivity index (χ4n) is 5.92. The SMILES string of the molecule is N#CCCN(C(=O)CCC(=O)NCC(=O)NC(CCCNC(N)=O)C(=O)Nc1ccc(CNC=O)cc1)C1CCC(C(=O)Oc2c(F)c(F)c(F)c(F)c2F)CC1. The van der Waals surface area contributed by atoms with Gasteiger partial charge in [-0.3, -0.25) is 28.8 Å². The van der Waals surface area contributed by atoms with Gasteiger partial charge in [0.2, 0.25) is 64.9 Å². The highest BCUT2D eigenvalue weighted by molar-refractivity contribution is 5.98. The number of hydrogen-bond acceptors (Lipinski definition) is 9. The van der Waals surface area contributed by atoms with Crippen LogP contribution in [0.15, 0.2) is 24.3 Å². The van der Waals surface area contributed by atoms with Gasteiger partial charge in [0.1, 0.15) is 6.04 Å². The largest absolute Gasteiger partial charge is 0.420 e. The lowest BCUT2D eigenvalue weighted by molar-refractivity contribution is -0.142. The molecule has 1 saturated carbocycles. The van der Waals surface area contributed by atoms with Crippen LogP contribution in [-0.4, -0.2) is 78.7 Å². The standard InChI is InChI=1S/C36H41F5N8O8/c37-28-29(38)31(40)33(32(41)30(28)39)57-35(55)21-6-10-23(11-7-21)49(16-2-14-42)27(53)13-12-25(51)46-18-26(52)48-24(3-1-15-45-36(43)56)34(54)47-22-8-4-20(5-9-22)17-44-19-50/h4-5,8-9,19,21,23-24H,1-3,6-7,10-13,15-18H2,(H,44,50)(H,46,51)(H,47,54)(H,48,52)(H3,43,45,56). The van der Waals surface area contributed by atoms with Gasteiger partial charge in [-0.05, 0) is 56.2 Å². The Labute approximate surface area is 323 Å². The van der Waals surface area contributed by atoms with Gasteiger partial charge in [-0.2, -0.15) is 14.0 Å². The summed E-state index contributed by atoms with van der Waals surface area (Å²) in [6, 6.07) is 6.06. The van der Waals surface area contributed by atoms with Gasteiger partial charge in [0.25, 0.3) is 0 Å². The number of anilines is 1. The van der Waals surface area contributed by atoms with Gasteiger partial charge in [-0.25, -0.2) is 18.0 Å². The van der Waals surface area contributed by atoms with Crippen LogP contribution in [0.2, 0.25) is 0 Å². The summed E-state index contributed by atoms with van der Waals surface area (Å²) >= 11 is 0. The number of nitriles is 1. The summed E-state index contributed by atoms with van der Waals surface area (Å²) in [5.41, 5.74) is 6.24. The lowest BCUT2D eigenvalue weighted by Crippen LogP contribution is -2.48. The third-order valence-corrected chi connectivity index (χ3v) is 8.87. The van der Waals surface area contributed by atoms with E-state index in [1.807, 2.05) is 6.07 Å². The van der Waals surface area contributed by atoms with E-state index in [1.54, 1.807) is 24.3 Å². The molecule has 0 saturated heterocycles. The van der Waals surface area contributed by atoms with Crippen LogP contribution in [0.5, 0.6) is 5.75 Å². The molecule has 1 atom stereocenters. The summed E-state index contributed by atoms with van der Waals surface area (Å²) in [7, 11) is 0. The predicted molar refractivity (Wildman–Crippen MR) is 189 cm³/mol. The zero-order valence-electron chi connectivity index (χ0n) is 30.4. The van der Waals surface area contributed by atoms with Crippen molar-refractivity contribution in [2.45, 2.75) is 76.4 Å². The first kappa shape index (κ1) is 45.1. The fraction of sp³-hybridized carbons (Fsp3) is 0.444. The van der Waals surface area contributed by atoms with Crippen molar-refractivity contribution < 1.29 is 60.3 Å². The van der Waals surface area contributed by atoms with Crippen LogP contribution in [0.4, 0.5) is 32.4 Å². The molecule has 2 aromatic rings. The predicted octanol–water partition coefficient (Wildman–Crippen LogP) is 2.30. The Hall–Kier alpha value is -6.33. The summed E-state index contributed by atoms with van der Waals surface area (Å²) in [5.74, 6) is -18.0. The second kappa shape index (κ2) is 22.3. The van der Waals surface area contributed by atoms with Crippen molar-refractivity contribution in [1.82, 2.24) is 26.2 Å². The van der Waals surface area contributed by atoms with E-state index in [0.29, 0.717) is 12.1 Å². The Morgan fingerprint density at radius 1 is 0.895 bits per heavy atom. The summed E-state index contributed by atoms with van der Waals surface area (Å²) in [4.78, 5) is 87.2. The molecule has 0 heterocycles. The van der Waals surface area contributed by atoms with E-state index in [1.165, 1.54) is 4.90 Å². The average Bonchev–Trinajstić information content (AvgIpc) is 3.20. The van der Waals surface area contributed by atoms with Gasteiger partial charge in [-0.15, -0.1) is 0 Å². The van der Waals surface area contributed by atoms with Gasteiger partial charge in [0, 0.05) is 44.2 Å². The van der Waals surface area contributed by atoms with Crippen LogP contribution in [0.25, 0.3) is 0 Å². The molecular weight excluding hydrogens is 767 g/mol. The number of ether oxygens (including phenoxy) is 1. The number of halogens is 5. The Morgan fingerprint density at radius 3 is 2.12 bits per heavy atom. The highest BCUT2D eigenvalue weighted by Gasteiger charge is 2.35. The van der Waals surface area contributed by atoms with Crippen molar-refractivity contribution in [3.05, 3.63) is 58.9 Å². The van der Waals surface area contributed by atoms with Gasteiger partial charge < -0.3 is 42.0 Å². The molecule has 21 heteroatoms. The van der Waals surface area contributed by atoms with Crippen LogP contribution in [0, 0.1) is 46.3 Å². The number of amides is 7. The van der Waals surface area contributed by atoms with Crippen LogP contribution in [-0.2, 0) is 35.3 Å². The third-order valence-electron chi connectivity index (χ3n) is 8.87. The second-order valence-electron chi connectivity index (χ2n) is 12.8. The summed E-state index contributed by atoms with van der Waals surface area (Å²) < 4.78 is 73.1. The molecule has 0 radical (unpaired) electrons. The molecular formula is C36H41F5N8O8. The highest BCUT2D eigenvalue weighted by atomic mass is 19.2. The molecule has 1 unspecified atom stereocenters. The Bertz CT molecular complexity index is 1810. The van der Waals surface area contributed by atoms with Crippen LogP contribution in [0.3, 0.4) is 0 Å². The lowest BCUT2D eigenvalue weighted by atomic mass is 9.85. The lowest BCUT2D eigenvalue weighted by Gasteiger charge is -2.36. The molecule has 0 spiro atoms. The van der Waals surface area contributed by atoms with Gasteiger partial charge in [0.15, 0.2) is 0 Å². The topological polar surface area (TPSA) is 242 Å². The van der Waals surface area contributed by atoms with E-state index in [4.69, 9.17) is 11.0 Å². The quantitative estimate of drug-likeness (QED) is 0.0219. The normalized spacial score (nSPS) is 15.2. The summed E-state index contributed by atoms with van der Waals surface area (Å²) in [6.07, 6.45) is 0.431. The molecule has 7 N–H and O–H groups in total. The molecule has 1 aliphatic rings. The Morgan fingerprint density at radius 2 is 1.53 bits per heavy atom. The number of urea groups is 1. The van der Waals surface area contributed by atoms with E-state index >= 15 is 0 Å². The maximum atomic E-state index is 14.0. The van der Waals surface area contributed by atoms with Crippen molar-refractivity contribution in [2.75, 3.05) is 25.0 Å². The number of hydrogen-bond donors (Lipinski definition) is 6. The Balaban J connectivity index is 1.51. The smallest absolute Gasteiger partial charge is 0.314 e. The van der Waals surface area contributed by atoms with Crippen LogP contribution >= 0.6 is 0 Å². The average molecular weight is 809 g/mol. The van der Waals surface area contributed by atoms with Gasteiger partial charge in [-0.1, -0.05) is 12.1 Å². The minimum Gasteiger partial charge on any atom is -0.420 e. The molecule has 3 rings (SSSR count). The molecule has 308 valence electrons. The first-order chi connectivity index (χ1) is 27.2. The maximum absolute atomic E-state index is 14.0. The third kappa shape index (κ3) is 13.7. The highest BCUT2D eigenvalue weighted by Crippen LogP contribution is 2.33. The van der Waals surface area contributed by atoms with Crippen LogP contribution < -0.4 is 37.1 Å². The van der Waals surface area contributed by atoms with Crippen molar-refractivity contribution >= 4 is 47.7 Å². The number of nitrogens with two attached hydrogens (primary N) is 1. The number of nitrogens with one attached hydrogen (secondary N) is 5. The summed E-state index contributed by atoms with van der Waals surface area (Å²) in [6.45, 7) is -0.193. The molecule has 0 aliphatic heterocycles. The number of carbonyl (C=O) groups is 7. The molecule has 57 heavy (non-hydrogen) atoms. The molecule has 0 aromatic heterocycles. The van der Waals surface area contributed by atoms with Crippen molar-refractivity contribution in [3.8, 4) is 11.8 Å².